The molecule has 0 unspecified atom stereocenters. The third kappa shape index (κ3) is 2.19. The molecule has 1 aromatic carbocycles. The second-order valence-electron chi connectivity index (χ2n) is 5.20. The van der Waals surface area contributed by atoms with Crippen LogP contribution >= 0.6 is 0 Å². The Morgan fingerprint density at radius 2 is 1.95 bits per heavy atom. The van der Waals surface area contributed by atoms with Gasteiger partial charge in [0, 0.05) is 18.5 Å². The summed E-state index contributed by atoms with van der Waals surface area (Å²) < 4.78 is 13.9. The molecule has 104 valence electrons. The van der Waals surface area contributed by atoms with Crippen LogP contribution in [-0.4, -0.2) is 17.0 Å². The maximum absolute atomic E-state index is 13.9. The molecule has 2 N–H and O–H groups in total. The standard InChI is InChI=1S/C15H17FN4/c1-9-13(17)18-14(10-7-8-10)19-15(9)20(2)12-6-4-3-5-11(12)16/h3-6,10H,7-8H2,1-2H3,(H2,17,18,19). The number of rotatable bonds is 3. The van der Waals surface area contributed by atoms with E-state index in [-0.39, 0.29) is 5.82 Å². The van der Waals surface area contributed by atoms with Crippen molar-refractivity contribution in [3.63, 3.8) is 0 Å². The van der Waals surface area contributed by atoms with E-state index in [2.05, 4.69) is 9.97 Å². The van der Waals surface area contributed by atoms with Gasteiger partial charge < -0.3 is 10.6 Å². The SMILES string of the molecule is Cc1c(N)nc(C2CC2)nc1N(C)c1ccccc1F. The quantitative estimate of drug-likeness (QED) is 0.932. The smallest absolute Gasteiger partial charge is 0.146 e. The largest absolute Gasteiger partial charge is 0.383 e. The van der Waals surface area contributed by atoms with E-state index in [4.69, 9.17) is 5.73 Å². The van der Waals surface area contributed by atoms with E-state index in [1.165, 1.54) is 6.07 Å². The van der Waals surface area contributed by atoms with Gasteiger partial charge in [0.05, 0.1) is 5.69 Å². The first-order valence-corrected chi connectivity index (χ1v) is 6.70. The summed E-state index contributed by atoms with van der Waals surface area (Å²) in [7, 11) is 1.80. The minimum absolute atomic E-state index is 0.278. The fourth-order valence-electron chi connectivity index (χ4n) is 2.23. The first kappa shape index (κ1) is 12.8. The van der Waals surface area contributed by atoms with Crippen molar-refractivity contribution in [2.75, 3.05) is 17.7 Å². The van der Waals surface area contributed by atoms with Crippen LogP contribution in [0.1, 0.15) is 30.1 Å². The Labute approximate surface area is 117 Å². The molecule has 20 heavy (non-hydrogen) atoms. The molecule has 0 radical (unpaired) electrons. The number of para-hydroxylation sites is 1. The number of nitrogen functional groups attached to an aromatic ring is 1. The molecule has 0 spiro atoms. The van der Waals surface area contributed by atoms with Gasteiger partial charge >= 0.3 is 0 Å². The van der Waals surface area contributed by atoms with Crippen LogP contribution in [-0.2, 0) is 0 Å². The van der Waals surface area contributed by atoms with E-state index in [0.29, 0.717) is 23.2 Å². The number of hydrogen-bond donors (Lipinski definition) is 1. The highest BCUT2D eigenvalue weighted by Crippen LogP contribution is 2.40. The third-order valence-electron chi connectivity index (χ3n) is 3.65. The van der Waals surface area contributed by atoms with Crippen molar-refractivity contribution in [2.45, 2.75) is 25.7 Å². The maximum atomic E-state index is 13.9. The average Bonchev–Trinajstić information content (AvgIpc) is 3.26. The molecule has 0 amide bonds. The second-order valence-corrected chi connectivity index (χ2v) is 5.20. The fourth-order valence-corrected chi connectivity index (χ4v) is 2.23. The molecular weight excluding hydrogens is 255 g/mol. The van der Waals surface area contributed by atoms with Crippen molar-refractivity contribution in [1.29, 1.82) is 0 Å². The number of hydrogen-bond acceptors (Lipinski definition) is 4. The molecule has 1 heterocycles. The van der Waals surface area contributed by atoms with E-state index in [0.717, 1.165) is 24.2 Å². The van der Waals surface area contributed by atoms with Crippen LogP contribution in [0.3, 0.4) is 0 Å². The third-order valence-corrected chi connectivity index (χ3v) is 3.65. The molecule has 1 aliphatic carbocycles. The van der Waals surface area contributed by atoms with Gasteiger partial charge in [-0.15, -0.1) is 0 Å². The van der Waals surface area contributed by atoms with Crippen LogP contribution in [0.25, 0.3) is 0 Å². The minimum atomic E-state index is -0.278. The topological polar surface area (TPSA) is 55.0 Å². The van der Waals surface area contributed by atoms with Gasteiger partial charge in [-0.25, -0.2) is 14.4 Å². The first-order valence-electron chi connectivity index (χ1n) is 6.70. The lowest BCUT2D eigenvalue weighted by molar-refractivity contribution is 0.627. The van der Waals surface area contributed by atoms with Gasteiger partial charge in [-0.2, -0.15) is 0 Å². The second kappa shape index (κ2) is 4.74. The van der Waals surface area contributed by atoms with Gasteiger partial charge in [0.1, 0.15) is 23.3 Å². The van der Waals surface area contributed by atoms with Gasteiger partial charge in [0.2, 0.25) is 0 Å². The van der Waals surface area contributed by atoms with Crippen molar-refractivity contribution in [3.05, 3.63) is 41.5 Å². The van der Waals surface area contributed by atoms with Crippen LogP contribution in [0.2, 0.25) is 0 Å². The van der Waals surface area contributed by atoms with Gasteiger partial charge in [-0.1, -0.05) is 12.1 Å². The number of benzene rings is 1. The number of nitrogens with two attached hydrogens (primary N) is 1. The molecule has 3 rings (SSSR count). The van der Waals surface area contributed by atoms with Crippen molar-refractivity contribution in [1.82, 2.24) is 9.97 Å². The molecule has 1 saturated carbocycles. The van der Waals surface area contributed by atoms with E-state index in [9.17, 15) is 4.39 Å². The monoisotopic (exact) mass is 272 g/mol. The first-order chi connectivity index (χ1) is 9.58. The van der Waals surface area contributed by atoms with Crippen molar-refractivity contribution < 1.29 is 4.39 Å². The Hall–Kier alpha value is -2.17. The Morgan fingerprint density at radius 1 is 1.25 bits per heavy atom. The minimum Gasteiger partial charge on any atom is -0.383 e. The fraction of sp³-hybridized carbons (Fsp3) is 0.333. The highest BCUT2D eigenvalue weighted by Gasteiger charge is 2.28. The summed E-state index contributed by atoms with van der Waals surface area (Å²) in [5, 5.41) is 0. The van der Waals surface area contributed by atoms with E-state index < -0.39 is 0 Å². The summed E-state index contributed by atoms with van der Waals surface area (Å²) in [5.41, 5.74) is 7.23. The van der Waals surface area contributed by atoms with Crippen molar-refractivity contribution in [3.8, 4) is 0 Å². The number of anilines is 3. The summed E-state index contributed by atoms with van der Waals surface area (Å²) in [6.45, 7) is 1.86. The van der Waals surface area contributed by atoms with E-state index in [1.54, 1.807) is 30.1 Å². The predicted molar refractivity (Wildman–Crippen MR) is 77.6 cm³/mol. The molecule has 0 saturated heterocycles. The van der Waals surface area contributed by atoms with E-state index >= 15 is 0 Å². The maximum Gasteiger partial charge on any atom is 0.146 e. The molecule has 1 aliphatic rings. The summed E-state index contributed by atoms with van der Waals surface area (Å²) in [6, 6.07) is 6.64. The number of nitrogens with zero attached hydrogens (tertiary/aromatic N) is 3. The summed E-state index contributed by atoms with van der Waals surface area (Å²) in [6.07, 6.45) is 2.21. The average molecular weight is 272 g/mol. The van der Waals surface area contributed by atoms with Gasteiger partial charge in [-0.05, 0) is 31.9 Å². The summed E-state index contributed by atoms with van der Waals surface area (Å²) >= 11 is 0. The van der Waals surface area contributed by atoms with Crippen LogP contribution in [0.5, 0.6) is 0 Å². The number of aromatic nitrogens is 2. The lowest BCUT2D eigenvalue weighted by Crippen LogP contribution is -2.17. The Bertz CT molecular complexity index is 652. The van der Waals surface area contributed by atoms with Gasteiger partial charge in [0.25, 0.3) is 0 Å². The zero-order chi connectivity index (χ0) is 14.3. The Kier molecular flexibility index (Phi) is 3.04. The van der Waals surface area contributed by atoms with Crippen LogP contribution < -0.4 is 10.6 Å². The van der Waals surface area contributed by atoms with Gasteiger partial charge in [0.15, 0.2) is 0 Å². The number of halogens is 1. The summed E-state index contributed by atoms with van der Waals surface area (Å²) in [4.78, 5) is 10.7. The summed E-state index contributed by atoms with van der Waals surface area (Å²) in [5.74, 6) is 2.04. The predicted octanol–water partition coefficient (Wildman–Crippen LogP) is 3.15. The van der Waals surface area contributed by atoms with Crippen molar-refractivity contribution in [2.24, 2.45) is 0 Å². The zero-order valence-electron chi connectivity index (χ0n) is 11.6. The Morgan fingerprint density at radius 3 is 2.60 bits per heavy atom. The van der Waals surface area contributed by atoms with Crippen LogP contribution in [0, 0.1) is 12.7 Å². The van der Waals surface area contributed by atoms with Crippen molar-refractivity contribution >= 4 is 17.3 Å². The molecule has 1 aromatic heterocycles. The molecule has 0 bridgehead atoms. The van der Waals surface area contributed by atoms with Gasteiger partial charge in [-0.3, -0.25) is 0 Å². The molecule has 4 nitrogen and oxygen atoms in total. The molecule has 1 fully saturated rings. The van der Waals surface area contributed by atoms with E-state index in [1.807, 2.05) is 6.92 Å². The Balaban J connectivity index is 2.06. The highest BCUT2D eigenvalue weighted by molar-refractivity contribution is 5.66. The lowest BCUT2D eigenvalue weighted by Gasteiger charge is -2.22. The van der Waals surface area contributed by atoms with Crippen LogP contribution in [0.4, 0.5) is 21.7 Å². The molecular formula is C15H17FN4. The normalized spacial score (nSPS) is 14.3. The highest BCUT2D eigenvalue weighted by atomic mass is 19.1. The molecule has 2 aromatic rings. The zero-order valence-corrected chi connectivity index (χ0v) is 11.6. The van der Waals surface area contributed by atoms with Crippen LogP contribution in [0.15, 0.2) is 24.3 Å². The molecule has 0 aliphatic heterocycles. The lowest BCUT2D eigenvalue weighted by atomic mass is 10.2. The molecule has 5 heteroatoms. The molecule has 0 atom stereocenters.